The first-order chi connectivity index (χ1) is 14.0. The molecule has 0 unspecified atom stereocenters. The highest BCUT2D eigenvalue weighted by Crippen LogP contribution is 2.41. The number of nitrogens with zero attached hydrogens (tertiary/aromatic N) is 5. The van der Waals surface area contributed by atoms with Crippen molar-refractivity contribution in [2.75, 3.05) is 0 Å². The number of hydrogen-bond donors (Lipinski definition) is 1. The van der Waals surface area contributed by atoms with E-state index in [0.717, 1.165) is 17.5 Å². The Morgan fingerprint density at radius 2 is 1.90 bits per heavy atom. The van der Waals surface area contributed by atoms with Gasteiger partial charge in [0.25, 0.3) is 12.0 Å². The number of alkyl halides is 5. The molecule has 1 aliphatic carbocycles. The second kappa shape index (κ2) is 6.71. The van der Waals surface area contributed by atoms with Gasteiger partial charge in [0.05, 0.1) is 11.3 Å². The summed E-state index contributed by atoms with van der Waals surface area (Å²) in [5.74, 6) is 0. The highest BCUT2D eigenvalue weighted by molar-refractivity contribution is 6.31. The fourth-order valence-electron chi connectivity index (χ4n) is 3.33. The summed E-state index contributed by atoms with van der Waals surface area (Å²) in [6.45, 7) is 0. The van der Waals surface area contributed by atoms with E-state index < -0.39 is 45.7 Å². The number of aryl methyl sites for hydroxylation is 1. The van der Waals surface area contributed by atoms with Crippen LogP contribution in [0.1, 0.15) is 35.8 Å². The molecule has 3 aromatic heterocycles. The summed E-state index contributed by atoms with van der Waals surface area (Å²) in [5, 5.41) is 13.9. The fraction of sp³-hybridized carbons (Fsp3) is 0.412. The number of aliphatic hydroxyl groups is 1. The van der Waals surface area contributed by atoms with E-state index >= 15 is 0 Å². The van der Waals surface area contributed by atoms with Crippen LogP contribution in [-0.4, -0.2) is 35.8 Å². The predicted molar refractivity (Wildman–Crippen MR) is 94.3 cm³/mol. The van der Waals surface area contributed by atoms with E-state index in [1.54, 1.807) is 0 Å². The van der Waals surface area contributed by atoms with Crippen LogP contribution in [0.25, 0.3) is 11.0 Å². The van der Waals surface area contributed by atoms with Crippen molar-refractivity contribution in [1.82, 2.24) is 24.3 Å². The van der Waals surface area contributed by atoms with Crippen LogP contribution < -0.4 is 5.56 Å². The van der Waals surface area contributed by atoms with E-state index in [1.165, 1.54) is 17.9 Å². The van der Waals surface area contributed by atoms with Crippen molar-refractivity contribution in [3.63, 3.8) is 0 Å². The van der Waals surface area contributed by atoms with E-state index in [0.29, 0.717) is 12.3 Å². The summed E-state index contributed by atoms with van der Waals surface area (Å²) in [6.07, 6.45) is -5.26. The van der Waals surface area contributed by atoms with Gasteiger partial charge in [-0.25, -0.2) is 18.7 Å². The molecular formula is C17H13ClF5N5O2. The van der Waals surface area contributed by atoms with E-state index in [2.05, 4.69) is 15.1 Å². The van der Waals surface area contributed by atoms with Crippen molar-refractivity contribution in [3.8, 4) is 0 Å². The Labute approximate surface area is 169 Å². The standard InChI is InChI=1S/C17H13ClF5N5O2/c1-27-13(10-11(26-27)14(29)28(6-25-10)8-2-3-8)16(30,15(19)20)7-4-9(18)12(24-5-7)17(21,22)23/h4-6,8,15,30H,2-3H2,1H3/t16-/m1/s1. The smallest absolute Gasteiger partial charge is 0.373 e. The van der Waals surface area contributed by atoms with E-state index in [-0.39, 0.29) is 17.1 Å². The van der Waals surface area contributed by atoms with Crippen LogP contribution in [0.15, 0.2) is 23.4 Å². The first kappa shape index (κ1) is 20.7. The van der Waals surface area contributed by atoms with Crippen molar-refractivity contribution in [2.45, 2.75) is 37.1 Å². The van der Waals surface area contributed by atoms with Gasteiger partial charge in [-0.2, -0.15) is 18.3 Å². The Morgan fingerprint density at radius 1 is 1.23 bits per heavy atom. The van der Waals surface area contributed by atoms with Crippen LogP contribution in [0, 0.1) is 0 Å². The molecule has 160 valence electrons. The minimum atomic E-state index is -4.91. The Hall–Kier alpha value is -2.60. The lowest BCUT2D eigenvalue weighted by Crippen LogP contribution is -2.38. The lowest BCUT2D eigenvalue weighted by atomic mass is 9.90. The zero-order valence-corrected chi connectivity index (χ0v) is 15.9. The number of hydrogen-bond acceptors (Lipinski definition) is 5. The fourth-order valence-corrected chi connectivity index (χ4v) is 3.61. The third kappa shape index (κ3) is 3.05. The molecule has 0 saturated heterocycles. The van der Waals surface area contributed by atoms with E-state index in [9.17, 15) is 31.9 Å². The van der Waals surface area contributed by atoms with Gasteiger partial charge < -0.3 is 5.11 Å². The van der Waals surface area contributed by atoms with Crippen LogP contribution in [0.3, 0.4) is 0 Å². The van der Waals surface area contributed by atoms with Crippen molar-refractivity contribution >= 4 is 22.6 Å². The first-order valence-electron chi connectivity index (χ1n) is 8.64. The molecule has 0 bridgehead atoms. The third-order valence-electron chi connectivity index (χ3n) is 4.94. The highest BCUT2D eigenvalue weighted by atomic mass is 35.5. The summed E-state index contributed by atoms with van der Waals surface area (Å²) in [6, 6.07) is 0.514. The summed E-state index contributed by atoms with van der Waals surface area (Å²) in [7, 11) is 1.21. The number of pyridine rings is 1. The molecule has 1 saturated carbocycles. The van der Waals surface area contributed by atoms with E-state index in [1.807, 2.05) is 0 Å². The molecule has 0 radical (unpaired) electrons. The molecule has 0 amide bonds. The van der Waals surface area contributed by atoms with Crippen LogP contribution in [0.2, 0.25) is 5.02 Å². The maximum Gasteiger partial charge on any atom is 0.434 e. The van der Waals surface area contributed by atoms with Crippen molar-refractivity contribution < 1.29 is 27.1 Å². The average Bonchev–Trinajstić information content (AvgIpc) is 3.42. The number of aromatic nitrogens is 5. The monoisotopic (exact) mass is 449 g/mol. The van der Waals surface area contributed by atoms with Gasteiger partial charge in [0.2, 0.25) is 0 Å². The maximum atomic E-state index is 14.1. The van der Waals surface area contributed by atoms with Gasteiger partial charge in [-0.05, 0) is 18.9 Å². The molecule has 0 aromatic carbocycles. The molecule has 0 spiro atoms. The lowest BCUT2D eigenvalue weighted by molar-refractivity contribution is -0.141. The molecular weight excluding hydrogens is 437 g/mol. The van der Waals surface area contributed by atoms with Gasteiger partial charge in [-0.15, -0.1) is 0 Å². The van der Waals surface area contributed by atoms with Crippen LogP contribution >= 0.6 is 11.6 Å². The van der Waals surface area contributed by atoms with Gasteiger partial charge in [-0.3, -0.25) is 14.0 Å². The maximum absolute atomic E-state index is 14.1. The van der Waals surface area contributed by atoms with Gasteiger partial charge >= 0.3 is 6.18 Å². The van der Waals surface area contributed by atoms with Crippen molar-refractivity contribution in [1.29, 1.82) is 0 Å². The molecule has 4 rings (SSSR count). The molecule has 30 heavy (non-hydrogen) atoms. The average molecular weight is 450 g/mol. The quantitative estimate of drug-likeness (QED) is 0.619. The molecule has 13 heteroatoms. The largest absolute Gasteiger partial charge is 0.434 e. The molecule has 1 N–H and O–H groups in total. The highest BCUT2D eigenvalue weighted by Gasteiger charge is 2.48. The molecule has 1 fully saturated rings. The SMILES string of the molecule is Cn1nc2c(=O)n(C3CC3)cnc2c1[C@](O)(c1cnc(C(F)(F)F)c(Cl)c1)C(F)F. The topological polar surface area (TPSA) is 85.8 Å². The third-order valence-corrected chi connectivity index (χ3v) is 5.23. The minimum Gasteiger partial charge on any atom is -0.373 e. The van der Waals surface area contributed by atoms with Gasteiger partial charge in [0, 0.05) is 24.8 Å². The zero-order chi connectivity index (χ0) is 22.0. The van der Waals surface area contributed by atoms with Crippen LogP contribution in [-0.2, 0) is 18.8 Å². The predicted octanol–water partition coefficient (Wildman–Crippen LogP) is 3.03. The van der Waals surface area contributed by atoms with Gasteiger partial charge in [0.1, 0.15) is 11.2 Å². The molecule has 1 aliphatic rings. The summed E-state index contributed by atoms with van der Waals surface area (Å²) >= 11 is 5.60. The minimum absolute atomic E-state index is 0.0493. The summed E-state index contributed by atoms with van der Waals surface area (Å²) < 4.78 is 69.2. The summed E-state index contributed by atoms with van der Waals surface area (Å²) in [4.78, 5) is 19.8. The normalized spacial score (nSPS) is 17.0. The Morgan fingerprint density at radius 3 is 2.43 bits per heavy atom. The van der Waals surface area contributed by atoms with Crippen LogP contribution in [0.4, 0.5) is 22.0 Å². The molecule has 7 nitrogen and oxygen atoms in total. The lowest BCUT2D eigenvalue weighted by Gasteiger charge is -2.28. The number of fused-ring (bicyclic) bond motifs is 1. The zero-order valence-electron chi connectivity index (χ0n) is 15.2. The van der Waals surface area contributed by atoms with Gasteiger partial charge in [0.15, 0.2) is 16.8 Å². The first-order valence-corrected chi connectivity index (χ1v) is 9.02. The van der Waals surface area contributed by atoms with Crippen molar-refractivity contribution in [3.05, 3.63) is 50.9 Å². The van der Waals surface area contributed by atoms with Crippen LogP contribution in [0.5, 0.6) is 0 Å². The van der Waals surface area contributed by atoms with E-state index in [4.69, 9.17) is 11.6 Å². The molecule has 0 aliphatic heterocycles. The molecule has 3 heterocycles. The second-order valence-electron chi connectivity index (χ2n) is 6.98. The number of rotatable bonds is 4. The van der Waals surface area contributed by atoms with Crippen molar-refractivity contribution in [2.24, 2.45) is 7.05 Å². The second-order valence-corrected chi connectivity index (χ2v) is 7.38. The Kier molecular flexibility index (Phi) is 4.62. The Bertz CT molecular complexity index is 1200. The van der Waals surface area contributed by atoms with Gasteiger partial charge in [-0.1, -0.05) is 11.6 Å². The molecule has 3 aromatic rings. The molecule has 1 atom stereocenters. The Balaban J connectivity index is 1.95. The summed E-state index contributed by atoms with van der Waals surface area (Å²) in [5.41, 5.74) is -7.02. The number of halogens is 6.